The maximum absolute atomic E-state index is 12.5. The minimum absolute atomic E-state index is 0.0281. The summed E-state index contributed by atoms with van der Waals surface area (Å²) >= 11 is 1.53. The van der Waals surface area contributed by atoms with Gasteiger partial charge in [-0.1, -0.05) is 0 Å². The Kier molecular flexibility index (Phi) is 3.58. The quantitative estimate of drug-likeness (QED) is 0.908. The number of nitrogens with two attached hydrogens (primary N) is 1. The number of nitrogens with zero attached hydrogens (tertiary/aromatic N) is 1. The fourth-order valence-corrected chi connectivity index (χ4v) is 5.58. The molecule has 1 aromatic heterocycles. The van der Waals surface area contributed by atoms with E-state index in [4.69, 9.17) is 5.73 Å². The molecule has 1 fully saturated rings. The summed E-state index contributed by atoms with van der Waals surface area (Å²) in [6, 6.07) is 1.74. The Bertz CT molecular complexity index is 508. The molecular formula is C11H18N2O2S2. The molecule has 0 bridgehead atoms. The normalized spacial score (nSPS) is 22.2. The fraction of sp³-hybridized carbons (Fsp3) is 0.636. The molecule has 4 nitrogen and oxygen atoms in total. The van der Waals surface area contributed by atoms with Crippen molar-refractivity contribution in [3.8, 4) is 0 Å². The van der Waals surface area contributed by atoms with E-state index in [1.807, 2.05) is 13.8 Å². The molecule has 17 heavy (non-hydrogen) atoms. The summed E-state index contributed by atoms with van der Waals surface area (Å²) < 4.78 is 26.6. The molecule has 2 heterocycles. The Morgan fingerprint density at radius 2 is 2.24 bits per heavy atom. The third kappa shape index (κ3) is 2.27. The lowest BCUT2D eigenvalue weighted by Gasteiger charge is -2.22. The zero-order chi connectivity index (χ0) is 12.6. The molecule has 1 saturated heterocycles. The molecular weight excluding hydrogens is 256 g/mol. The van der Waals surface area contributed by atoms with Crippen molar-refractivity contribution in [2.75, 3.05) is 13.1 Å². The standard InChI is InChI=1S/C11H18N2O2S2/c1-8-6-11(9(2)16-8)17(14,15)13-5-3-4-10(13)7-12/h6,10H,3-5,7,12H2,1-2H3. The van der Waals surface area contributed by atoms with Crippen LogP contribution >= 0.6 is 11.3 Å². The summed E-state index contributed by atoms with van der Waals surface area (Å²) in [6.45, 7) is 4.79. The zero-order valence-electron chi connectivity index (χ0n) is 10.1. The first-order valence-corrected chi connectivity index (χ1v) is 8.01. The van der Waals surface area contributed by atoms with Crippen LogP contribution in [-0.4, -0.2) is 31.9 Å². The monoisotopic (exact) mass is 274 g/mol. The van der Waals surface area contributed by atoms with Crippen molar-refractivity contribution < 1.29 is 8.42 Å². The van der Waals surface area contributed by atoms with Crippen LogP contribution in [0.15, 0.2) is 11.0 Å². The summed E-state index contributed by atoms with van der Waals surface area (Å²) in [6.07, 6.45) is 1.78. The topological polar surface area (TPSA) is 63.4 Å². The Labute approximate surface area is 106 Å². The number of hydrogen-bond acceptors (Lipinski definition) is 4. The number of aryl methyl sites for hydroxylation is 2. The SMILES string of the molecule is Cc1cc(S(=O)(=O)N2CCCC2CN)c(C)s1. The van der Waals surface area contributed by atoms with Gasteiger partial charge in [0.25, 0.3) is 0 Å². The zero-order valence-corrected chi connectivity index (χ0v) is 11.8. The van der Waals surface area contributed by atoms with E-state index in [9.17, 15) is 8.42 Å². The van der Waals surface area contributed by atoms with Crippen molar-refractivity contribution in [1.29, 1.82) is 0 Å². The minimum Gasteiger partial charge on any atom is -0.329 e. The van der Waals surface area contributed by atoms with Gasteiger partial charge in [0.2, 0.25) is 10.0 Å². The van der Waals surface area contributed by atoms with Crippen molar-refractivity contribution in [1.82, 2.24) is 4.31 Å². The number of sulfonamides is 1. The van der Waals surface area contributed by atoms with E-state index in [0.29, 0.717) is 18.0 Å². The van der Waals surface area contributed by atoms with E-state index in [1.165, 1.54) is 11.3 Å². The van der Waals surface area contributed by atoms with Gasteiger partial charge in [0, 0.05) is 28.9 Å². The van der Waals surface area contributed by atoms with Gasteiger partial charge in [0.05, 0.1) is 4.90 Å². The van der Waals surface area contributed by atoms with E-state index >= 15 is 0 Å². The Hall–Kier alpha value is -0.430. The number of hydrogen-bond donors (Lipinski definition) is 1. The van der Waals surface area contributed by atoms with E-state index in [1.54, 1.807) is 10.4 Å². The maximum atomic E-state index is 12.5. The summed E-state index contributed by atoms with van der Waals surface area (Å²) in [7, 11) is -3.35. The highest BCUT2D eigenvalue weighted by Crippen LogP contribution is 2.31. The number of rotatable bonds is 3. The van der Waals surface area contributed by atoms with Gasteiger partial charge in [-0.15, -0.1) is 11.3 Å². The lowest BCUT2D eigenvalue weighted by Crippen LogP contribution is -2.39. The molecule has 1 aromatic rings. The highest BCUT2D eigenvalue weighted by molar-refractivity contribution is 7.89. The van der Waals surface area contributed by atoms with Crippen molar-refractivity contribution in [3.05, 3.63) is 15.8 Å². The van der Waals surface area contributed by atoms with Crippen LogP contribution < -0.4 is 5.73 Å². The largest absolute Gasteiger partial charge is 0.329 e. The van der Waals surface area contributed by atoms with E-state index in [-0.39, 0.29) is 6.04 Å². The molecule has 0 amide bonds. The van der Waals surface area contributed by atoms with Crippen molar-refractivity contribution in [2.45, 2.75) is 37.6 Å². The Morgan fingerprint density at radius 1 is 1.53 bits per heavy atom. The predicted octanol–water partition coefficient (Wildman–Crippen LogP) is 1.48. The van der Waals surface area contributed by atoms with Crippen molar-refractivity contribution in [3.63, 3.8) is 0 Å². The van der Waals surface area contributed by atoms with Crippen LogP contribution in [-0.2, 0) is 10.0 Å². The van der Waals surface area contributed by atoms with E-state index in [0.717, 1.165) is 22.6 Å². The second kappa shape index (κ2) is 4.68. The third-order valence-corrected chi connectivity index (χ3v) is 6.35. The van der Waals surface area contributed by atoms with Gasteiger partial charge in [-0.05, 0) is 32.8 Å². The van der Waals surface area contributed by atoms with Crippen LogP contribution in [0.5, 0.6) is 0 Å². The fourth-order valence-electron chi connectivity index (χ4n) is 2.35. The number of thiophene rings is 1. The average molecular weight is 274 g/mol. The van der Waals surface area contributed by atoms with Gasteiger partial charge in [0.15, 0.2) is 0 Å². The van der Waals surface area contributed by atoms with Crippen LogP contribution in [0.25, 0.3) is 0 Å². The lowest BCUT2D eigenvalue weighted by molar-refractivity contribution is 0.393. The van der Waals surface area contributed by atoms with Gasteiger partial charge in [-0.3, -0.25) is 0 Å². The van der Waals surface area contributed by atoms with E-state index < -0.39 is 10.0 Å². The summed E-state index contributed by atoms with van der Waals surface area (Å²) in [4.78, 5) is 2.36. The minimum atomic E-state index is -3.35. The van der Waals surface area contributed by atoms with E-state index in [2.05, 4.69) is 0 Å². The maximum Gasteiger partial charge on any atom is 0.244 e. The summed E-state index contributed by atoms with van der Waals surface area (Å²) in [5.41, 5.74) is 5.64. The molecule has 0 saturated carbocycles. The second-order valence-electron chi connectivity index (χ2n) is 4.42. The molecule has 6 heteroatoms. The second-order valence-corrected chi connectivity index (χ2v) is 7.74. The first kappa shape index (κ1) is 13.0. The molecule has 1 atom stereocenters. The summed E-state index contributed by atoms with van der Waals surface area (Å²) in [5.74, 6) is 0. The highest BCUT2D eigenvalue weighted by atomic mass is 32.2. The molecule has 0 radical (unpaired) electrons. The van der Waals surface area contributed by atoms with Crippen LogP contribution in [0.3, 0.4) is 0 Å². The summed E-state index contributed by atoms with van der Waals surface area (Å²) in [5, 5.41) is 0. The highest BCUT2D eigenvalue weighted by Gasteiger charge is 2.35. The Balaban J connectivity index is 2.39. The van der Waals surface area contributed by atoms with Crippen LogP contribution in [0.4, 0.5) is 0 Å². The molecule has 2 rings (SSSR count). The van der Waals surface area contributed by atoms with Gasteiger partial charge in [-0.25, -0.2) is 8.42 Å². The molecule has 1 aliphatic heterocycles. The first-order valence-electron chi connectivity index (χ1n) is 5.75. The molecule has 0 spiro atoms. The van der Waals surface area contributed by atoms with Crippen LogP contribution in [0.2, 0.25) is 0 Å². The van der Waals surface area contributed by atoms with Gasteiger partial charge < -0.3 is 5.73 Å². The Morgan fingerprint density at radius 3 is 2.76 bits per heavy atom. The lowest BCUT2D eigenvalue weighted by atomic mass is 10.2. The smallest absolute Gasteiger partial charge is 0.244 e. The van der Waals surface area contributed by atoms with Crippen LogP contribution in [0.1, 0.15) is 22.6 Å². The third-order valence-electron chi connectivity index (χ3n) is 3.18. The average Bonchev–Trinajstić information content (AvgIpc) is 2.84. The van der Waals surface area contributed by atoms with Gasteiger partial charge in [0.1, 0.15) is 0 Å². The van der Waals surface area contributed by atoms with Crippen molar-refractivity contribution >= 4 is 21.4 Å². The molecule has 96 valence electrons. The van der Waals surface area contributed by atoms with Crippen molar-refractivity contribution in [2.24, 2.45) is 5.73 Å². The van der Waals surface area contributed by atoms with Gasteiger partial charge in [-0.2, -0.15) is 4.31 Å². The molecule has 1 unspecified atom stereocenters. The van der Waals surface area contributed by atoms with Crippen LogP contribution in [0, 0.1) is 13.8 Å². The predicted molar refractivity (Wildman–Crippen MR) is 69.8 cm³/mol. The molecule has 0 aliphatic carbocycles. The molecule has 1 aliphatic rings. The molecule has 0 aromatic carbocycles. The molecule has 2 N–H and O–H groups in total. The first-order chi connectivity index (χ1) is 7.96. The van der Waals surface area contributed by atoms with Gasteiger partial charge >= 0.3 is 0 Å².